The summed E-state index contributed by atoms with van der Waals surface area (Å²) in [5.74, 6) is 0.146. The summed E-state index contributed by atoms with van der Waals surface area (Å²) in [5.41, 5.74) is 3.48. The highest BCUT2D eigenvalue weighted by Gasteiger charge is 2.34. The summed E-state index contributed by atoms with van der Waals surface area (Å²) in [6, 6.07) is 7.35. The highest BCUT2D eigenvalue weighted by Crippen LogP contribution is 2.29. The Morgan fingerprint density at radius 3 is 2.96 bits per heavy atom. The minimum Gasteiger partial charge on any atom is -0.451 e. The number of aliphatic hydroxyl groups excluding tert-OH is 1. The number of para-hydroxylation sites is 1. The van der Waals surface area contributed by atoms with Crippen LogP contribution in [0.5, 0.6) is 0 Å². The molecule has 1 amide bonds. The minimum absolute atomic E-state index is 0.0877. The Morgan fingerprint density at radius 1 is 1.42 bits per heavy atom. The van der Waals surface area contributed by atoms with E-state index in [1.165, 1.54) is 0 Å². The molecule has 0 saturated heterocycles. The SMILES string of the molecule is Cc1c(C(=O)N2Cc3ncn(C)c3CC2CO)oc2ccccc12. The normalized spacial score (nSPS) is 17.3. The van der Waals surface area contributed by atoms with Crippen molar-refractivity contribution in [2.75, 3.05) is 6.61 Å². The zero-order valence-electron chi connectivity index (χ0n) is 13.7. The summed E-state index contributed by atoms with van der Waals surface area (Å²) in [7, 11) is 1.93. The Morgan fingerprint density at radius 2 is 2.21 bits per heavy atom. The Kier molecular flexibility index (Phi) is 3.42. The number of aromatic nitrogens is 2. The van der Waals surface area contributed by atoms with E-state index in [0.717, 1.165) is 22.3 Å². The third kappa shape index (κ3) is 2.14. The van der Waals surface area contributed by atoms with Crippen LogP contribution in [0.1, 0.15) is 27.5 Å². The van der Waals surface area contributed by atoms with E-state index in [4.69, 9.17) is 4.42 Å². The van der Waals surface area contributed by atoms with Gasteiger partial charge in [0.05, 0.1) is 31.2 Å². The van der Waals surface area contributed by atoms with E-state index in [1.807, 2.05) is 42.8 Å². The molecular formula is C18H19N3O3. The number of aliphatic hydroxyl groups is 1. The fraction of sp³-hybridized carbons (Fsp3) is 0.333. The van der Waals surface area contributed by atoms with Gasteiger partial charge in [-0.25, -0.2) is 4.98 Å². The zero-order chi connectivity index (χ0) is 16.8. The van der Waals surface area contributed by atoms with Crippen LogP contribution in [0.2, 0.25) is 0 Å². The highest BCUT2D eigenvalue weighted by atomic mass is 16.3. The Bertz CT molecular complexity index is 925. The van der Waals surface area contributed by atoms with Crippen LogP contribution in [0.15, 0.2) is 35.0 Å². The Labute approximate surface area is 139 Å². The van der Waals surface area contributed by atoms with E-state index in [1.54, 1.807) is 11.2 Å². The van der Waals surface area contributed by atoms with Crippen LogP contribution in [0.4, 0.5) is 0 Å². The lowest BCUT2D eigenvalue weighted by Crippen LogP contribution is -2.46. The number of benzene rings is 1. The number of aryl methyl sites for hydroxylation is 2. The molecule has 0 fully saturated rings. The van der Waals surface area contributed by atoms with Crippen molar-refractivity contribution >= 4 is 16.9 Å². The number of imidazole rings is 1. The number of fused-ring (bicyclic) bond motifs is 2. The maximum absolute atomic E-state index is 13.1. The first kappa shape index (κ1) is 15.0. The fourth-order valence-corrected chi connectivity index (χ4v) is 3.43. The number of nitrogens with zero attached hydrogens (tertiary/aromatic N) is 3. The van der Waals surface area contributed by atoms with Crippen LogP contribution >= 0.6 is 0 Å². The molecule has 0 radical (unpaired) electrons. The summed E-state index contributed by atoms with van der Waals surface area (Å²) in [4.78, 5) is 19.1. The molecule has 1 aliphatic heterocycles. The monoisotopic (exact) mass is 325 g/mol. The molecule has 4 rings (SSSR count). The zero-order valence-corrected chi connectivity index (χ0v) is 13.7. The first-order valence-electron chi connectivity index (χ1n) is 7.99. The molecule has 1 N–H and O–H groups in total. The number of carbonyl (C=O) groups excluding carboxylic acids is 1. The van der Waals surface area contributed by atoms with Gasteiger partial charge in [0.2, 0.25) is 0 Å². The second-order valence-corrected chi connectivity index (χ2v) is 6.27. The molecule has 6 heteroatoms. The van der Waals surface area contributed by atoms with E-state index in [9.17, 15) is 9.90 Å². The van der Waals surface area contributed by atoms with Crippen molar-refractivity contribution < 1.29 is 14.3 Å². The van der Waals surface area contributed by atoms with Crippen LogP contribution in [-0.4, -0.2) is 38.1 Å². The van der Waals surface area contributed by atoms with Gasteiger partial charge < -0.3 is 19.0 Å². The van der Waals surface area contributed by atoms with Gasteiger partial charge in [0, 0.05) is 30.1 Å². The molecule has 2 aromatic heterocycles. The maximum Gasteiger partial charge on any atom is 0.290 e. The molecule has 6 nitrogen and oxygen atoms in total. The number of amides is 1. The summed E-state index contributed by atoms with van der Waals surface area (Å²) >= 11 is 0. The van der Waals surface area contributed by atoms with Gasteiger partial charge in [-0.05, 0) is 13.0 Å². The van der Waals surface area contributed by atoms with E-state index in [0.29, 0.717) is 24.3 Å². The minimum atomic E-state index is -0.270. The number of furan rings is 1. The van der Waals surface area contributed by atoms with Crippen molar-refractivity contribution in [2.45, 2.75) is 25.9 Å². The molecular weight excluding hydrogens is 306 g/mol. The van der Waals surface area contributed by atoms with Crippen LogP contribution in [0.3, 0.4) is 0 Å². The van der Waals surface area contributed by atoms with Crippen molar-refractivity contribution in [3.8, 4) is 0 Å². The largest absolute Gasteiger partial charge is 0.451 e. The average molecular weight is 325 g/mol. The quantitative estimate of drug-likeness (QED) is 0.782. The molecule has 3 aromatic rings. The lowest BCUT2D eigenvalue weighted by Gasteiger charge is -2.34. The van der Waals surface area contributed by atoms with Crippen molar-refractivity contribution in [1.82, 2.24) is 14.5 Å². The topological polar surface area (TPSA) is 71.5 Å². The predicted molar refractivity (Wildman–Crippen MR) is 88.6 cm³/mol. The van der Waals surface area contributed by atoms with Gasteiger partial charge in [-0.3, -0.25) is 4.79 Å². The van der Waals surface area contributed by atoms with Gasteiger partial charge in [-0.1, -0.05) is 18.2 Å². The third-order valence-electron chi connectivity index (χ3n) is 4.85. The van der Waals surface area contributed by atoms with Crippen molar-refractivity contribution in [2.24, 2.45) is 7.05 Å². The van der Waals surface area contributed by atoms with Crippen LogP contribution in [-0.2, 0) is 20.0 Å². The first-order chi connectivity index (χ1) is 11.6. The summed E-state index contributed by atoms with van der Waals surface area (Å²) in [5, 5.41) is 10.7. The van der Waals surface area contributed by atoms with Gasteiger partial charge in [-0.15, -0.1) is 0 Å². The van der Waals surface area contributed by atoms with E-state index in [-0.39, 0.29) is 18.6 Å². The van der Waals surface area contributed by atoms with E-state index < -0.39 is 0 Å². The van der Waals surface area contributed by atoms with Gasteiger partial charge in [0.25, 0.3) is 5.91 Å². The standard InChI is InChI=1S/C18H19N3O3/c1-11-13-5-3-4-6-16(13)24-17(11)18(23)21-8-14-15(7-12(21)9-22)20(2)10-19-14/h3-6,10,12,22H,7-9H2,1-2H3. The van der Waals surface area contributed by atoms with E-state index >= 15 is 0 Å². The van der Waals surface area contributed by atoms with E-state index in [2.05, 4.69) is 4.98 Å². The van der Waals surface area contributed by atoms with Gasteiger partial charge >= 0.3 is 0 Å². The van der Waals surface area contributed by atoms with Crippen LogP contribution in [0.25, 0.3) is 11.0 Å². The second kappa shape index (κ2) is 5.49. The Hall–Kier alpha value is -2.60. The smallest absolute Gasteiger partial charge is 0.290 e. The number of carbonyl (C=O) groups is 1. The fourth-order valence-electron chi connectivity index (χ4n) is 3.43. The molecule has 3 heterocycles. The molecule has 0 spiro atoms. The molecule has 0 aliphatic carbocycles. The summed E-state index contributed by atoms with van der Waals surface area (Å²) in [6.07, 6.45) is 2.34. The summed E-state index contributed by atoms with van der Waals surface area (Å²) < 4.78 is 7.75. The average Bonchev–Trinajstić information content (AvgIpc) is 3.14. The van der Waals surface area contributed by atoms with Crippen molar-refractivity contribution in [3.05, 3.63) is 53.3 Å². The molecule has 1 unspecified atom stereocenters. The molecule has 1 aliphatic rings. The lowest BCUT2D eigenvalue weighted by molar-refractivity contribution is 0.0506. The van der Waals surface area contributed by atoms with Crippen LogP contribution in [0, 0.1) is 6.92 Å². The highest BCUT2D eigenvalue weighted by molar-refractivity contribution is 5.99. The maximum atomic E-state index is 13.1. The molecule has 0 bridgehead atoms. The molecule has 24 heavy (non-hydrogen) atoms. The molecule has 0 saturated carbocycles. The third-order valence-corrected chi connectivity index (χ3v) is 4.85. The van der Waals surface area contributed by atoms with Crippen molar-refractivity contribution in [1.29, 1.82) is 0 Å². The van der Waals surface area contributed by atoms with Gasteiger partial charge in [-0.2, -0.15) is 0 Å². The van der Waals surface area contributed by atoms with Crippen molar-refractivity contribution in [3.63, 3.8) is 0 Å². The van der Waals surface area contributed by atoms with Gasteiger partial charge in [0.15, 0.2) is 5.76 Å². The summed E-state index contributed by atoms with van der Waals surface area (Å²) in [6.45, 7) is 2.19. The lowest BCUT2D eigenvalue weighted by atomic mass is 10.0. The molecule has 1 aromatic carbocycles. The second-order valence-electron chi connectivity index (χ2n) is 6.27. The number of hydrogen-bond acceptors (Lipinski definition) is 4. The molecule has 1 atom stereocenters. The number of hydrogen-bond donors (Lipinski definition) is 1. The van der Waals surface area contributed by atoms with Crippen LogP contribution < -0.4 is 0 Å². The predicted octanol–water partition coefficient (Wildman–Crippen LogP) is 2.03. The molecule has 124 valence electrons. The Balaban J connectivity index is 1.73. The van der Waals surface area contributed by atoms with Gasteiger partial charge in [0.1, 0.15) is 5.58 Å². The number of rotatable bonds is 2. The first-order valence-corrected chi connectivity index (χ1v) is 7.99.